The van der Waals surface area contributed by atoms with Gasteiger partial charge in [0.15, 0.2) is 0 Å². The molecule has 0 saturated heterocycles. The number of anilines is 1. The van der Waals surface area contributed by atoms with Crippen LogP contribution in [-0.4, -0.2) is 15.7 Å². The molecule has 2 rings (SSSR count). The Morgan fingerprint density at radius 2 is 2.06 bits per heavy atom. The molecule has 94 valence electrons. The van der Waals surface area contributed by atoms with Crippen molar-refractivity contribution < 1.29 is 0 Å². The number of thioether (sulfide) groups is 1. The van der Waals surface area contributed by atoms with E-state index in [4.69, 9.17) is 5.73 Å². The van der Waals surface area contributed by atoms with Crippen molar-refractivity contribution in [2.24, 2.45) is 0 Å². The molecule has 1 fully saturated rings. The van der Waals surface area contributed by atoms with Gasteiger partial charge in [0.1, 0.15) is 16.7 Å². The molecule has 1 aromatic heterocycles. The molecule has 0 unspecified atom stereocenters. The fourth-order valence-electron chi connectivity index (χ4n) is 1.72. The number of nitrogens with zero attached hydrogens (tertiary/aromatic N) is 2. The molecule has 3 nitrogen and oxygen atoms in total. The van der Waals surface area contributed by atoms with E-state index in [0.29, 0.717) is 11.7 Å². The maximum Gasteiger partial charge on any atom is 0.135 e. The van der Waals surface area contributed by atoms with Gasteiger partial charge in [-0.05, 0) is 31.9 Å². The van der Waals surface area contributed by atoms with Crippen molar-refractivity contribution in [3.05, 3.63) is 11.4 Å². The zero-order valence-corrected chi connectivity index (χ0v) is 11.5. The summed E-state index contributed by atoms with van der Waals surface area (Å²) in [5, 5.41) is 1.09. The van der Waals surface area contributed by atoms with E-state index in [1.807, 2.05) is 18.7 Å². The lowest BCUT2D eigenvalue weighted by Gasteiger charge is -2.09. The molecule has 2 N–H and O–H groups in total. The Kier molecular flexibility index (Phi) is 4.26. The zero-order valence-electron chi connectivity index (χ0n) is 10.7. The normalized spacial score (nSPS) is 15.2. The lowest BCUT2D eigenvalue weighted by atomic mass is 10.3. The first-order valence-corrected chi connectivity index (χ1v) is 7.47. The summed E-state index contributed by atoms with van der Waals surface area (Å²) in [4.78, 5) is 9.06. The van der Waals surface area contributed by atoms with Gasteiger partial charge in [-0.1, -0.05) is 19.8 Å². The van der Waals surface area contributed by atoms with E-state index in [-0.39, 0.29) is 0 Å². The monoisotopic (exact) mass is 251 g/mol. The van der Waals surface area contributed by atoms with Crippen LogP contribution in [0.15, 0.2) is 5.03 Å². The van der Waals surface area contributed by atoms with Gasteiger partial charge in [0.2, 0.25) is 0 Å². The lowest BCUT2D eigenvalue weighted by Crippen LogP contribution is -2.03. The molecule has 1 saturated carbocycles. The number of unbranched alkanes of at least 4 members (excludes halogenated alkanes) is 2. The van der Waals surface area contributed by atoms with Gasteiger partial charge < -0.3 is 5.73 Å². The second-order valence-corrected chi connectivity index (χ2v) is 5.81. The maximum absolute atomic E-state index is 5.95. The Balaban J connectivity index is 2.03. The third kappa shape index (κ3) is 3.35. The molecule has 0 aromatic carbocycles. The standard InChI is InChI=1S/C13H21N3S/c1-3-4-5-8-17-13-9(2)11(14)15-12(16-13)10-6-7-10/h10H,3-8H2,1-2H3,(H2,14,15,16). The van der Waals surface area contributed by atoms with Gasteiger partial charge in [0.25, 0.3) is 0 Å². The van der Waals surface area contributed by atoms with E-state index < -0.39 is 0 Å². The number of nitrogen functional groups attached to an aromatic ring is 1. The van der Waals surface area contributed by atoms with Gasteiger partial charge in [-0.2, -0.15) is 0 Å². The van der Waals surface area contributed by atoms with Crippen LogP contribution >= 0.6 is 11.8 Å². The van der Waals surface area contributed by atoms with Gasteiger partial charge in [0.05, 0.1) is 0 Å². The summed E-state index contributed by atoms with van der Waals surface area (Å²) in [6, 6.07) is 0. The van der Waals surface area contributed by atoms with E-state index >= 15 is 0 Å². The summed E-state index contributed by atoms with van der Waals surface area (Å²) in [7, 11) is 0. The predicted molar refractivity (Wildman–Crippen MR) is 73.4 cm³/mol. The van der Waals surface area contributed by atoms with Gasteiger partial charge in [0, 0.05) is 11.5 Å². The highest BCUT2D eigenvalue weighted by molar-refractivity contribution is 7.99. The molecule has 0 amide bonds. The van der Waals surface area contributed by atoms with Crippen LogP contribution in [0.25, 0.3) is 0 Å². The lowest BCUT2D eigenvalue weighted by molar-refractivity contribution is 0.777. The molecule has 0 atom stereocenters. The van der Waals surface area contributed by atoms with Crippen LogP contribution in [0.2, 0.25) is 0 Å². The first-order chi connectivity index (χ1) is 8.22. The fraction of sp³-hybridized carbons (Fsp3) is 0.692. The van der Waals surface area contributed by atoms with Crippen LogP contribution in [0.4, 0.5) is 5.82 Å². The molecule has 1 heterocycles. The van der Waals surface area contributed by atoms with E-state index in [0.717, 1.165) is 22.2 Å². The summed E-state index contributed by atoms with van der Waals surface area (Å²) in [6.07, 6.45) is 6.26. The van der Waals surface area contributed by atoms with Crippen molar-refractivity contribution in [2.75, 3.05) is 11.5 Å². The molecule has 0 aliphatic heterocycles. The smallest absolute Gasteiger partial charge is 0.135 e. The molecule has 1 aliphatic carbocycles. The second-order valence-electron chi connectivity index (χ2n) is 4.73. The van der Waals surface area contributed by atoms with Crippen LogP contribution in [0, 0.1) is 6.92 Å². The summed E-state index contributed by atoms with van der Waals surface area (Å²) in [5.41, 5.74) is 7.00. The molecular weight excluding hydrogens is 230 g/mol. The number of hydrogen-bond acceptors (Lipinski definition) is 4. The Bertz CT molecular complexity index is 388. The van der Waals surface area contributed by atoms with Crippen molar-refractivity contribution in [3.8, 4) is 0 Å². The summed E-state index contributed by atoms with van der Waals surface area (Å²) < 4.78 is 0. The van der Waals surface area contributed by atoms with Crippen LogP contribution < -0.4 is 5.73 Å². The summed E-state index contributed by atoms with van der Waals surface area (Å²) in [5.74, 6) is 3.34. The van der Waals surface area contributed by atoms with Gasteiger partial charge in [-0.3, -0.25) is 0 Å². The largest absolute Gasteiger partial charge is 0.383 e. The quantitative estimate of drug-likeness (QED) is 0.477. The minimum Gasteiger partial charge on any atom is -0.383 e. The highest BCUT2D eigenvalue weighted by Gasteiger charge is 2.27. The molecular formula is C13H21N3S. The first-order valence-electron chi connectivity index (χ1n) is 6.49. The zero-order chi connectivity index (χ0) is 12.3. The molecule has 0 radical (unpaired) electrons. The Hall–Kier alpha value is -0.770. The van der Waals surface area contributed by atoms with Gasteiger partial charge in [-0.15, -0.1) is 11.8 Å². The average Bonchev–Trinajstić information content (AvgIpc) is 3.13. The molecule has 1 aliphatic rings. The molecule has 17 heavy (non-hydrogen) atoms. The van der Waals surface area contributed by atoms with E-state index in [9.17, 15) is 0 Å². The van der Waals surface area contributed by atoms with Crippen LogP contribution in [0.1, 0.15) is 56.3 Å². The summed E-state index contributed by atoms with van der Waals surface area (Å²) >= 11 is 1.83. The van der Waals surface area contributed by atoms with Crippen molar-refractivity contribution >= 4 is 17.6 Å². The van der Waals surface area contributed by atoms with Crippen LogP contribution in [0.5, 0.6) is 0 Å². The van der Waals surface area contributed by atoms with Crippen molar-refractivity contribution in [1.29, 1.82) is 0 Å². The SMILES string of the molecule is CCCCCSc1nc(C2CC2)nc(N)c1C. The molecule has 1 aromatic rings. The van der Waals surface area contributed by atoms with Crippen LogP contribution in [0.3, 0.4) is 0 Å². The molecule has 4 heteroatoms. The highest BCUT2D eigenvalue weighted by atomic mass is 32.2. The molecule has 0 bridgehead atoms. The Morgan fingerprint density at radius 1 is 1.29 bits per heavy atom. The van der Waals surface area contributed by atoms with Crippen molar-refractivity contribution in [1.82, 2.24) is 9.97 Å². The van der Waals surface area contributed by atoms with Crippen molar-refractivity contribution in [3.63, 3.8) is 0 Å². The van der Waals surface area contributed by atoms with Crippen molar-refractivity contribution in [2.45, 2.75) is 56.9 Å². The van der Waals surface area contributed by atoms with E-state index in [2.05, 4.69) is 16.9 Å². The highest BCUT2D eigenvalue weighted by Crippen LogP contribution is 2.39. The summed E-state index contributed by atoms with van der Waals surface area (Å²) in [6.45, 7) is 4.25. The second kappa shape index (κ2) is 5.71. The van der Waals surface area contributed by atoms with Crippen LogP contribution in [-0.2, 0) is 0 Å². The third-order valence-corrected chi connectivity index (χ3v) is 4.25. The number of nitrogens with two attached hydrogens (primary N) is 1. The average molecular weight is 251 g/mol. The number of aromatic nitrogens is 2. The first kappa shape index (κ1) is 12.7. The maximum atomic E-state index is 5.95. The number of hydrogen-bond donors (Lipinski definition) is 1. The Morgan fingerprint density at radius 3 is 2.71 bits per heavy atom. The van der Waals surface area contributed by atoms with E-state index in [1.54, 1.807) is 0 Å². The fourth-order valence-corrected chi connectivity index (χ4v) is 2.74. The van der Waals surface area contributed by atoms with Gasteiger partial charge in [-0.25, -0.2) is 9.97 Å². The number of rotatable bonds is 6. The molecule has 0 spiro atoms. The predicted octanol–water partition coefficient (Wildman–Crippen LogP) is 3.53. The topological polar surface area (TPSA) is 51.8 Å². The van der Waals surface area contributed by atoms with E-state index in [1.165, 1.54) is 32.1 Å². The Labute approximate surface area is 108 Å². The van der Waals surface area contributed by atoms with Gasteiger partial charge >= 0.3 is 0 Å². The third-order valence-electron chi connectivity index (χ3n) is 3.09. The minimum atomic E-state index is 0.577. The minimum absolute atomic E-state index is 0.577.